The zero-order chi connectivity index (χ0) is 10.6. The Morgan fingerprint density at radius 1 is 1.64 bits per heavy atom. The molecule has 0 aromatic carbocycles. The minimum atomic E-state index is -0.147. The van der Waals surface area contributed by atoms with E-state index < -0.39 is 0 Å². The molecule has 4 heteroatoms. The molecule has 0 aliphatic carbocycles. The van der Waals surface area contributed by atoms with Crippen LogP contribution in [0.5, 0.6) is 0 Å². The van der Waals surface area contributed by atoms with Crippen LogP contribution in [0.1, 0.15) is 22.8 Å². The van der Waals surface area contributed by atoms with Gasteiger partial charge in [0.25, 0.3) is 5.91 Å². The van der Waals surface area contributed by atoms with Crippen LogP contribution < -0.4 is 0 Å². The lowest BCUT2D eigenvalue weighted by Gasteiger charge is -2.15. The number of carbonyl (C=O) groups is 1. The fourth-order valence-electron chi connectivity index (χ4n) is 1.17. The smallest absolute Gasteiger partial charge is 0.274 e. The molecule has 1 heterocycles. The Kier molecular flexibility index (Phi) is 3.59. The van der Waals surface area contributed by atoms with Gasteiger partial charge in [-0.05, 0) is 18.1 Å². The van der Waals surface area contributed by atoms with Crippen LogP contribution in [-0.2, 0) is 11.3 Å². The van der Waals surface area contributed by atoms with Gasteiger partial charge >= 0.3 is 0 Å². The molecule has 1 rings (SSSR count). The molecule has 4 nitrogen and oxygen atoms in total. The first kappa shape index (κ1) is 10.7. The molecule has 0 bridgehead atoms. The van der Waals surface area contributed by atoms with E-state index in [0.29, 0.717) is 5.56 Å². The summed E-state index contributed by atoms with van der Waals surface area (Å²) in [7, 11) is 3.05. The summed E-state index contributed by atoms with van der Waals surface area (Å²) in [5, 5.41) is 1.20. The molecule has 0 aliphatic rings. The standard InChI is InChI=1S/C10H14N2O2/c1-4-8-7-11-6-5-9(8)10(13)12(2)14-3/h5-7H,4H2,1-3H3. The number of hydrogen-bond acceptors (Lipinski definition) is 3. The highest BCUT2D eigenvalue weighted by Gasteiger charge is 2.14. The predicted octanol–water partition coefficient (Wildman–Crippen LogP) is 1.28. The second kappa shape index (κ2) is 4.72. The molecule has 1 amide bonds. The molecular formula is C10H14N2O2. The maximum Gasteiger partial charge on any atom is 0.277 e. The van der Waals surface area contributed by atoms with Crippen molar-refractivity contribution in [2.75, 3.05) is 14.2 Å². The highest BCUT2D eigenvalue weighted by Crippen LogP contribution is 2.10. The van der Waals surface area contributed by atoms with Crippen LogP contribution in [0.25, 0.3) is 0 Å². The lowest BCUT2D eigenvalue weighted by molar-refractivity contribution is -0.0757. The van der Waals surface area contributed by atoms with Crippen molar-refractivity contribution < 1.29 is 9.63 Å². The summed E-state index contributed by atoms with van der Waals surface area (Å²) in [6, 6.07) is 1.71. The molecule has 0 unspecified atom stereocenters. The number of hydrogen-bond donors (Lipinski definition) is 0. The lowest BCUT2D eigenvalue weighted by atomic mass is 10.1. The van der Waals surface area contributed by atoms with Gasteiger partial charge in [-0.1, -0.05) is 6.92 Å². The maximum absolute atomic E-state index is 11.7. The van der Waals surface area contributed by atoms with Crippen molar-refractivity contribution >= 4 is 5.91 Å². The van der Waals surface area contributed by atoms with E-state index in [1.54, 1.807) is 25.5 Å². The Hall–Kier alpha value is -1.42. The number of rotatable bonds is 3. The highest BCUT2D eigenvalue weighted by molar-refractivity contribution is 5.94. The Labute approximate surface area is 83.5 Å². The van der Waals surface area contributed by atoms with Crippen LogP contribution in [0.2, 0.25) is 0 Å². The van der Waals surface area contributed by atoms with Crippen LogP contribution in [-0.4, -0.2) is 30.1 Å². The topological polar surface area (TPSA) is 42.4 Å². The van der Waals surface area contributed by atoms with Gasteiger partial charge in [0.05, 0.1) is 7.11 Å². The number of nitrogens with zero attached hydrogens (tertiary/aromatic N) is 2. The van der Waals surface area contributed by atoms with Crippen LogP contribution >= 0.6 is 0 Å². The predicted molar refractivity (Wildman–Crippen MR) is 52.7 cm³/mol. The minimum absolute atomic E-state index is 0.147. The van der Waals surface area contributed by atoms with Gasteiger partial charge in [0, 0.05) is 25.0 Å². The average molecular weight is 194 g/mol. The number of hydroxylamine groups is 2. The summed E-state index contributed by atoms with van der Waals surface area (Å²) in [4.78, 5) is 20.5. The molecule has 0 atom stereocenters. The van der Waals surface area contributed by atoms with E-state index in [2.05, 4.69) is 4.98 Å². The quantitative estimate of drug-likeness (QED) is 0.681. The number of amides is 1. The summed E-state index contributed by atoms with van der Waals surface area (Å²) < 4.78 is 0. The summed E-state index contributed by atoms with van der Waals surface area (Å²) in [6.07, 6.45) is 4.10. The summed E-state index contributed by atoms with van der Waals surface area (Å²) in [6.45, 7) is 1.99. The average Bonchev–Trinajstić information content (AvgIpc) is 2.26. The molecule has 0 N–H and O–H groups in total. The van der Waals surface area contributed by atoms with Crippen molar-refractivity contribution in [3.05, 3.63) is 29.6 Å². The van der Waals surface area contributed by atoms with Gasteiger partial charge < -0.3 is 0 Å². The minimum Gasteiger partial charge on any atom is -0.274 e. The van der Waals surface area contributed by atoms with E-state index in [-0.39, 0.29) is 5.91 Å². The summed E-state index contributed by atoms with van der Waals surface area (Å²) >= 11 is 0. The molecule has 0 fully saturated rings. The fourth-order valence-corrected chi connectivity index (χ4v) is 1.17. The second-order valence-corrected chi connectivity index (χ2v) is 2.87. The molecular weight excluding hydrogens is 180 g/mol. The fraction of sp³-hybridized carbons (Fsp3) is 0.400. The van der Waals surface area contributed by atoms with Gasteiger partial charge in [-0.3, -0.25) is 14.6 Å². The van der Waals surface area contributed by atoms with Crippen molar-refractivity contribution in [1.82, 2.24) is 10.0 Å². The van der Waals surface area contributed by atoms with Gasteiger partial charge in [-0.15, -0.1) is 0 Å². The van der Waals surface area contributed by atoms with Crippen LogP contribution in [0.15, 0.2) is 18.5 Å². The van der Waals surface area contributed by atoms with Crippen LogP contribution in [0, 0.1) is 0 Å². The number of aromatic nitrogens is 1. The zero-order valence-electron chi connectivity index (χ0n) is 8.65. The van der Waals surface area contributed by atoms with Crippen LogP contribution in [0.4, 0.5) is 0 Å². The van der Waals surface area contributed by atoms with Gasteiger partial charge in [-0.25, -0.2) is 5.06 Å². The Morgan fingerprint density at radius 3 is 2.93 bits per heavy atom. The largest absolute Gasteiger partial charge is 0.277 e. The van der Waals surface area contributed by atoms with E-state index in [9.17, 15) is 4.79 Å². The van der Waals surface area contributed by atoms with Crippen molar-refractivity contribution in [2.45, 2.75) is 13.3 Å². The number of pyridine rings is 1. The third-order valence-electron chi connectivity index (χ3n) is 2.07. The Balaban J connectivity index is 3.00. The molecule has 0 aliphatic heterocycles. The van der Waals surface area contributed by atoms with Gasteiger partial charge in [0.15, 0.2) is 0 Å². The van der Waals surface area contributed by atoms with Crippen molar-refractivity contribution in [3.63, 3.8) is 0 Å². The molecule has 0 radical (unpaired) electrons. The SMILES string of the molecule is CCc1cnccc1C(=O)N(C)OC. The first-order valence-corrected chi connectivity index (χ1v) is 4.45. The molecule has 1 aromatic rings. The highest BCUT2D eigenvalue weighted by atomic mass is 16.7. The molecule has 0 spiro atoms. The first-order chi connectivity index (χ1) is 6.70. The normalized spacial score (nSPS) is 9.93. The zero-order valence-corrected chi connectivity index (χ0v) is 8.65. The molecule has 0 saturated carbocycles. The van der Waals surface area contributed by atoms with E-state index in [1.807, 2.05) is 6.92 Å². The van der Waals surface area contributed by atoms with Crippen molar-refractivity contribution in [1.29, 1.82) is 0 Å². The third-order valence-corrected chi connectivity index (χ3v) is 2.07. The third kappa shape index (κ3) is 2.09. The van der Waals surface area contributed by atoms with Gasteiger partial charge in [0.1, 0.15) is 0 Å². The molecule has 1 aromatic heterocycles. The van der Waals surface area contributed by atoms with E-state index in [4.69, 9.17) is 4.84 Å². The van der Waals surface area contributed by atoms with Gasteiger partial charge in [0.2, 0.25) is 0 Å². The van der Waals surface area contributed by atoms with E-state index in [0.717, 1.165) is 12.0 Å². The Morgan fingerprint density at radius 2 is 2.36 bits per heavy atom. The number of aryl methyl sites for hydroxylation is 1. The first-order valence-electron chi connectivity index (χ1n) is 4.45. The van der Waals surface area contributed by atoms with Crippen molar-refractivity contribution in [3.8, 4) is 0 Å². The summed E-state index contributed by atoms with van der Waals surface area (Å²) in [5.41, 5.74) is 1.58. The summed E-state index contributed by atoms with van der Waals surface area (Å²) in [5.74, 6) is -0.147. The monoisotopic (exact) mass is 194 g/mol. The van der Waals surface area contributed by atoms with Crippen LogP contribution in [0.3, 0.4) is 0 Å². The molecule has 0 saturated heterocycles. The molecule has 76 valence electrons. The maximum atomic E-state index is 11.7. The second-order valence-electron chi connectivity index (χ2n) is 2.87. The lowest BCUT2D eigenvalue weighted by Crippen LogP contribution is -2.26. The van der Waals surface area contributed by atoms with E-state index >= 15 is 0 Å². The Bertz CT molecular complexity index is 326. The van der Waals surface area contributed by atoms with Gasteiger partial charge in [-0.2, -0.15) is 0 Å². The molecule has 14 heavy (non-hydrogen) atoms. The number of carbonyl (C=O) groups excluding carboxylic acids is 1. The van der Waals surface area contributed by atoms with E-state index in [1.165, 1.54) is 12.2 Å². The van der Waals surface area contributed by atoms with Crippen molar-refractivity contribution in [2.24, 2.45) is 0 Å².